The highest BCUT2D eigenvalue weighted by molar-refractivity contribution is 7.89. The normalized spacial score (nSPS) is 16.7. The molecule has 1 fully saturated rings. The fraction of sp³-hybridized carbons (Fsp3) is 0.333. The van der Waals surface area contributed by atoms with E-state index >= 15 is 0 Å². The van der Waals surface area contributed by atoms with E-state index in [2.05, 4.69) is 5.32 Å². The molecule has 0 saturated carbocycles. The van der Waals surface area contributed by atoms with Crippen LogP contribution in [0.1, 0.15) is 0 Å². The molecule has 10 nitrogen and oxygen atoms in total. The molecule has 0 aliphatic carbocycles. The van der Waals surface area contributed by atoms with Crippen LogP contribution in [0.3, 0.4) is 0 Å². The zero-order valence-electron chi connectivity index (χ0n) is 17.7. The maximum atomic E-state index is 13.1. The second-order valence-electron chi connectivity index (χ2n) is 7.31. The number of nitrogens with zero attached hydrogens (tertiary/aromatic N) is 2. The van der Waals surface area contributed by atoms with Crippen LogP contribution in [0.15, 0.2) is 41.3 Å². The van der Waals surface area contributed by atoms with Crippen molar-refractivity contribution in [3.63, 3.8) is 0 Å². The van der Waals surface area contributed by atoms with Crippen molar-refractivity contribution >= 4 is 44.8 Å². The highest BCUT2D eigenvalue weighted by atomic mass is 35.5. The first kappa shape index (κ1) is 23.3. The standard InChI is InChI=1S/C21H22ClN3O7S/c1-30-18-5-3-15(11-19(18)33(28,29)24-6-8-31-9-7-24)23-20(26)12-25-16-10-14(22)2-4-17(16)32-13-21(25)27/h2-5,10-11H,6-9,12-13H2,1H3,(H,23,26). The van der Waals surface area contributed by atoms with Gasteiger partial charge in [-0.25, -0.2) is 8.42 Å². The Balaban J connectivity index is 1.55. The zero-order valence-corrected chi connectivity index (χ0v) is 19.3. The lowest BCUT2D eigenvalue weighted by Crippen LogP contribution is -2.43. The maximum Gasteiger partial charge on any atom is 0.265 e. The summed E-state index contributed by atoms with van der Waals surface area (Å²) in [6.07, 6.45) is 0. The molecule has 1 N–H and O–H groups in total. The van der Waals surface area contributed by atoms with E-state index in [1.54, 1.807) is 18.2 Å². The van der Waals surface area contributed by atoms with Crippen LogP contribution in [0.5, 0.6) is 11.5 Å². The number of carbonyl (C=O) groups excluding carboxylic acids is 2. The Morgan fingerprint density at radius 3 is 2.67 bits per heavy atom. The molecule has 0 atom stereocenters. The van der Waals surface area contributed by atoms with E-state index < -0.39 is 21.8 Å². The Labute approximate surface area is 196 Å². The average molecular weight is 496 g/mol. The molecule has 2 aromatic rings. The van der Waals surface area contributed by atoms with Gasteiger partial charge in [-0.2, -0.15) is 4.31 Å². The van der Waals surface area contributed by atoms with Crippen molar-refractivity contribution in [3.05, 3.63) is 41.4 Å². The summed E-state index contributed by atoms with van der Waals surface area (Å²) in [6.45, 7) is 0.556. The monoisotopic (exact) mass is 495 g/mol. The topological polar surface area (TPSA) is 114 Å². The second kappa shape index (κ2) is 9.56. The molecular weight excluding hydrogens is 474 g/mol. The van der Waals surface area contributed by atoms with Gasteiger partial charge in [0.1, 0.15) is 22.9 Å². The van der Waals surface area contributed by atoms with Gasteiger partial charge in [-0.15, -0.1) is 0 Å². The molecule has 2 amide bonds. The van der Waals surface area contributed by atoms with Crippen molar-refractivity contribution in [1.82, 2.24) is 4.31 Å². The Morgan fingerprint density at radius 1 is 1.18 bits per heavy atom. The smallest absolute Gasteiger partial charge is 0.265 e. The number of sulfonamides is 1. The molecule has 0 spiro atoms. The van der Waals surface area contributed by atoms with E-state index in [9.17, 15) is 18.0 Å². The maximum absolute atomic E-state index is 13.1. The van der Waals surface area contributed by atoms with Gasteiger partial charge < -0.3 is 19.5 Å². The van der Waals surface area contributed by atoms with Crippen LogP contribution >= 0.6 is 11.6 Å². The van der Waals surface area contributed by atoms with Crippen LogP contribution in [0, 0.1) is 0 Å². The van der Waals surface area contributed by atoms with Gasteiger partial charge in [0.15, 0.2) is 6.61 Å². The first-order valence-corrected chi connectivity index (χ1v) is 11.9. The molecule has 12 heteroatoms. The van der Waals surface area contributed by atoms with Crippen LogP contribution in [0.4, 0.5) is 11.4 Å². The molecule has 0 aromatic heterocycles. The minimum Gasteiger partial charge on any atom is -0.495 e. The van der Waals surface area contributed by atoms with Gasteiger partial charge in [-0.1, -0.05) is 11.6 Å². The van der Waals surface area contributed by atoms with Crippen LogP contribution < -0.4 is 19.7 Å². The Bertz CT molecular complexity index is 1180. The van der Waals surface area contributed by atoms with Gasteiger partial charge in [0.2, 0.25) is 15.9 Å². The Kier molecular flexibility index (Phi) is 6.75. The minimum atomic E-state index is -3.86. The number of nitrogens with one attached hydrogen (secondary N) is 1. The Morgan fingerprint density at radius 2 is 1.94 bits per heavy atom. The molecule has 0 radical (unpaired) electrons. The molecule has 2 aliphatic rings. The summed E-state index contributed by atoms with van der Waals surface area (Å²) < 4.78 is 43.4. The van der Waals surface area contributed by atoms with Crippen molar-refractivity contribution < 1.29 is 32.2 Å². The number of fused-ring (bicyclic) bond motifs is 1. The van der Waals surface area contributed by atoms with Gasteiger partial charge in [0, 0.05) is 23.8 Å². The molecular formula is C21H22ClN3O7S. The largest absolute Gasteiger partial charge is 0.495 e. The molecule has 2 aromatic carbocycles. The van der Waals surface area contributed by atoms with Gasteiger partial charge in [-0.3, -0.25) is 14.5 Å². The molecule has 1 saturated heterocycles. The highest BCUT2D eigenvalue weighted by Gasteiger charge is 2.31. The van der Waals surface area contributed by atoms with Gasteiger partial charge >= 0.3 is 0 Å². The first-order valence-electron chi connectivity index (χ1n) is 10.1. The quantitative estimate of drug-likeness (QED) is 0.649. The number of hydrogen-bond acceptors (Lipinski definition) is 7. The summed E-state index contributed by atoms with van der Waals surface area (Å²) >= 11 is 6.03. The number of hydrogen-bond donors (Lipinski definition) is 1. The van der Waals surface area contributed by atoms with Gasteiger partial charge in [-0.05, 0) is 36.4 Å². The van der Waals surface area contributed by atoms with E-state index in [1.165, 1.54) is 34.5 Å². The number of rotatable bonds is 6. The number of methoxy groups -OCH3 is 1. The SMILES string of the molecule is COc1ccc(NC(=O)CN2C(=O)COc3ccc(Cl)cc32)cc1S(=O)(=O)N1CCOCC1. The Hall–Kier alpha value is -2.86. The van der Waals surface area contributed by atoms with Crippen molar-refractivity contribution in [3.8, 4) is 11.5 Å². The minimum absolute atomic E-state index is 0.0655. The number of halogens is 1. The first-order chi connectivity index (χ1) is 15.8. The fourth-order valence-corrected chi connectivity index (χ4v) is 5.33. The van der Waals surface area contributed by atoms with Crippen LogP contribution in [-0.2, 0) is 24.3 Å². The highest BCUT2D eigenvalue weighted by Crippen LogP contribution is 2.34. The fourth-order valence-electron chi connectivity index (χ4n) is 3.57. The summed E-state index contributed by atoms with van der Waals surface area (Å²) in [7, 11) is -2.49. The van der Waals surface area contributed by atoms with Crippen LogP contribution in [-0.4, -0.2) is 71.1 Å². The lowest BCUT2D eigenvalue weighted by molar-refractivity contribution is -0.123. The number of carbonyl (C=O) groups is 2. The average Bonchev–Trinajstić information content (AvgIpc) is 2.81. The predicted molar refractivity (Wildman–Crippen MR) is 121 cm³/mol. The summed E-state index contributed by atoms with van der Waals surface area (Å²) in [5.41, 5.74) is 0.638. The molecule has 0 unspecified atom stereocenters. The molecule has 4 rings (SSSR count). The van der Waals surface area contributed by atoms with E-state index in [-0.39, 0.29) is 42.6 Å². The zero-order chi connectivity index (χ0) is 23.6. The third-order valence-corrected chi connectivity index (χ3v) is 7.36. The number of benzene rings is 2. The van der Waals surface area contributed by atoms with Crippen molar-refractivity contribution in [2.75, 3.05) is 56.8 Å². The third-order valence-electron chi connectivity index (χ3n) is 5.20. The van der Waals surface area contributed by atoms with Gasteiger partial charge in [0.25, 0.3) is 5.91 Å². The molecule has 33 heavy (non-hydrogen) atoms. The number of anilines is 2. The molecule has 2 heterocycles. The van der Waals surface area contributed by atoms with Crippen LogP contribution in [0.25, 0.3) is 0 Å². The van der Waals surface area contributed by atoms with E-state index in [0.29, 0.717) is 29.7 Å². The summed E-state index contributed by atoms with van der Waals surface area (Å²) in [6, 6.07) is 9.14. The van der Waals surface area contributed by atoms with E-state index in [4.69, 9.17) is 25.8 Å². The summed E-state index contributed by atoms with van der Waals surface area (Å²) in [5.74, 6) is -0.317. The summed E-state index contributed by atoms with van der Waals surface area (Å²) in [4.78, 5) is 26.3. The third kappa shape index (κ3) is 4.91. The van der Waals surface area contributed by atoms with Crippen LogP contribution in [0.2, 0.25) is 5.02 Å². The lowest BCUT2D eigenvalue weighted by Gasteiger charge is -2.29. The molecule has 0 bridgehead atoms. The second-order valence-corrected chi connectivity index (χ2v) is 9.65. The number of morpholine rings is 1. The summed E-state index contributed by atoms with van der Waals surface area (Å²) in [5, 5.41) is 3.05. The number of amides is 2. The van der Waals surface area contributed by atoms with Crippen molar-refractivity contribution in [2.24, 2.45) is 0 Å². The van der Waals surface area contributed by atoms with E-state index in [0.717, 1.165) is 0 Å². The van der Waals surface area contributed by atoms with Crippen molar-refractivity contribution in [1.29, 1.82) is 0 Å². The lowest BCUT2D eigenvalue weighted by atomic mass is 10.2. The van der Waals surface area contributed by atoms with Gasteiger partial charge in [0.05, 0.1) is 26.0 Å². The van der Waals surface area contributed by atoms with Crippen molar-refractivity contribution in [2.45, 2.75) is 4.90 Å². The predicted octanol–water partition coefficient (Wildman–Crippen LogP) is 1.73. The molecule has 176 valence electrons. The number of ether oxygens (including phenoxy) is 3. The van der Waals surface area contributed by atoms with E-state index in [1.807, 2.05) is 0 Å². The molecule has 2 aliphatic heterocycles.